The molecule has 2 rings (SSSR count). The molecule has 2 heterocycles. The van der Waals surface area contributed by atoms with Gasteiger partial charge in [-0.25, -0.2) is 4.98 Å². The van der Waals surface area contributed by atoms with Crippen molar-refractivity contribution in [3.8, 4) is 0 Å². The average molecular weight is 333 g/mol. The maximum Gasteiger partial charge on any atom is 0.435 e. The third-order valence-electron chi connectivity index (χ3n) is 2.99. The quantitative estimate of drug-likeness (QED) is 0.865. The molecule has 0 radical (unpaired) electrons. The van der Waals surface area contributed by atoms with Gasteiger partial charge in [0.25, 0.3) is 0 Å². The van der Waals surface area contributed by atoms with Crippen LogP contribution in [0.3, 0.4) is 0 Å². The van der Waals surface area contributed by atoms with Crippen LogP contribution >= 0.6 is 11.5 Å². The van der Waals surface area contributed by atoms with Gasteiger partial charge in [0.15, 0.2) is 5.69 Å². The molecule has 5 nitrogen and oxygen atoms in total. The summed E-state index contributed by atoms with van der Waals surface area (Å²) in [5.41, 5.74) is -0.937. The first-order valence-corrected chi connectivity index (χ1v) is 7.41. The minimum Gasteiger partial charge on any atom is -0.345 e. The summed E-state index contributed by atoms with van der Waals surface area (Å²) in [5.74, 6) is 0.682. The summed E-state index contributed by atoms with van der Waals surface area (Å²) < 4.78 is 44.3. The Morgan fingerprint density at radius 3 is 2.41 bits per heavy atom. The van der Waals surface area contributed by atoms with Crippen molar-refractivity contribution < 1.29 is 13.2 Å². The molecule has 0 amide bonds. The van der Waals surface area contributed by atoms with Crippen LogP contribution in [0.4, 0.5) is 18.3 Å². The van der Waals surface area contributed by atoms with Crippen molar-refractivity contribution in [2.75, 3.05) is 11.9 Å². The van der Waals surface area contributed by atoms with Crippen molar-refractivity contribution in [1.82, 2.24) is 19.1 Å². The third kappa shape index (κ3) is 3.57. The number of aromatic nitrogens is 4. The van der Waals surface area contributed by atoms with Crippen molar-refractivity contribution in [3.05, 3.63) is 23.3 Å². The van der Waals surface area contributed by atoms with Gasteiger partial charge < -0.3 is 4.90 Å². The summed E-state index contributed by atoms with van der Waals surface area (Å²) in [7, 11) is 3.17. The zero-order valence-electron chi connectivity index (χ0n) is 13.1. The fraction of sp³-hybridized carbons (Fsp3) is 0.615. The van der Waals surface area contributed by atoms with Crippen molar-refractivity contribution in [3.63, 3.8) is 0 Å². The Balaban J connectivity index is 2.23. The third-order valence-corrected chi connectivity index (χ3v) is 3.82. The topological polar surface area (TPSA) is 46.8 Å². The van der Waals surface area contributed by atoms with Crippen molar-refractivity contribution in [2.24, 2.45) is 7.05 Å². The molecule has 22 heavy (non-hydrogen) atoms. The van der Waals surface area contributed by atoms with Gasteiger partial charge in [0, 0.05) is 49.3 Å². The van der Waals surface area contributed by atoms with E-state index < -0.39 is 11.9 Å². The fourth-order valence-corrected chi connectivity index (χ4v) is 2.70. The molecule has 0 spiro atoms. The number of anilines is 1. The van der Waals surface area contributed by atoms with E-state index in [0.717, 1.165) is 0 Å². The lowest BCUT2D eigenvalue weighted by Gasteiger charge is -2.16. The first kappa shape index (κ1) is 16.7. The van der Waals surface area contributed by atoms with Crippen molar-refractivity contribution >= 4 is 16.7 Å². The minimum atomic E-state index is -4.46. The molecule has 0 saturated heterocycles. The molecule has 0 N–H and O–H groups in total. The van der Waals surface area contributed by atoms with Crippen molar-refractivity contribution in [1.29, 1.82) is 0 Å². The molecule has 0 saturated carbocycles. The van der Waals surface area contributed by atoms with E-state index in [0.29, 0.717) is 11.0 Å². The van der Waals surface area contributed by atoms with E-state index in [1.54, 1.807) is 11.9 Å². The van der Waals surface area contributed by atoms with Gasteiger partial charge >= 0.3 is 6.18 Å². The van der Waals surface area contributed by atoms with Crippen molar-refractivity contribution in [2.45, 2.75) is 38.9 Å². The Morgan fingerprint density at radius 1 is 1.27 bits per heavy atom. The van der Waals surface area contributed by atoms with Gasteiger partial charge in [0.2, 0.25) is 5.13 Å². The molecule has 0 bridgehead atoms. The summed E-state index contributed by atoms with van der Waals surface area (Å²) in [4.78, 5) is 6.05. The van der Waals surface area contributed by atoms with Gasteiger partial charge in [-0.3, -0.25) is 4.68 Å². The van der Waals surface area contributed by atoms with Crippen LogP contribution in [-0.4, -0.2) is 26.2 Å². The summed E-state index contributed by atoms with van der Waals surface area (Å²) in [6.45, 7) is 6.03. The van der Waals surface area contributed by atoms with E-state index in [-0.39, 0.29) is 17.5 Å². The predicted octanol–water partition coefficient (Wildman–Crippen LogP) is 3.22. The van der Waals surface area contributed by atoms with E-state index in [1.165, 1.54) is 29.5 Å². The second kappa shape index (κ2) is 5.53. The van der Waals surface area contributed by atoms with E-state index >= 15 is 0 Å². The monoisotopic (exact) mass is 333 g/mol. The minimum absolute atomic E-state index is 0.0709. The summed E-state index contributed by atoms with van der Waals surface area (Å²) in [6, 6.07) is 0. The zero-order chi connectivity index (χ0) is 16.7. The Hall–Kier alpha value is -1.64. The smallest absolute Gasteiger partial charge is 0.345 e. The largest absolute Gasteiger partial charge is 0.435 e. The number of aryl methyl sites for hydroxylation is 1. The highest BCUT2D eigenvalue weighted by Gasteiger charge is 2.37. The molecular weight excluding hydrogens is 315 g/mol. The fourth-order valence-electron chi connectivity index (χ4n) is 1.89. The predicted molar refractivity (Wildman–Crippen MR) is 78.9 cm³/mol. The maximum absolute atomic E-state index is 13.0. The second-order valence-corrected chi connectivity index (χ2v) is 6.91. The number of nitrogens with zero attached hydrogens (tertiary/aromatic N) is 5. The number of hydrogen-bond donors (Lipinski definition) is 0. The van der Waals surface area contributed by atoms with E-state index in [4.69, 9.17) is 0 Å². The highest BCUT2D eigenvalue weighted by Crippen LogP contribution is 2.32. The van der Waals surface area contributed by atoms with Crippen LogP contribution in [-0.2, 0) is 25.2 Å². The van der Waals surface area contributed by atoms with Crippen LogP contribution in [0.2, 0.25) is 0 Å². The molecule has 0 fully saturated rings. The molecule has 2 aromatic rings. The zero-order valence-corrected chi connectivity index (χ0v) is 13.9. The summed E-state index contributed by atoms with van der Waals surface area (Å²) >= 11 is 1.18. The molecule has 0 unspecified atom stereocenters. The normalized spacial score (nSPS) is 12.7. The molecule has 9 heteroatoms. The van der Waals surface area contributed by atoms with Crippen LogP contribution in [0.1, 0.15) is 37.9 Å². The Kier molecular flexibility index (Phi) is 4.20. The van der Waals surface area contributed by atoms with E-state index in [2.05, 4.69) is 14.5 Å². The molecule has 0 aliphatic carbocycles. The van der Waals surface area contributed by atoms with Crippen LogP contribution in [0.15, 0.2) is 6.20 Å². The Bertz CT molecular complexity index is 653. The number of halogens is 3. The van der Waals surface area contributed by atoms with Gasteiger partial charge in [-0.1, -0.05) is 20.8 Å². The molecule has 0 atom stereocenters. The average Bonchev–Trinajstić information content (AvgIpc) is 2.93. The second-order valence-electron chi connectivity index (χ2n) is 6.18. The molecule has 2 aromatic heterocycles. The molecule has 0 aliphatic rings. The van der Waals surface area contributed by atoms with Gasteiger partial charge in [0.05, 0.1) is 0 Å². The van der Waals surface area contributed by atoms with Crippen LogP contribution in [0, 0.1) is 0 Å². The molecule has 122 valence electrons. The first-order chi connectivity index (χ1) is 9.98. The van der Waals surface area contributed by atoms with Gasteiger partial charge in [0.1, 0.15) is 5.82 Å². The number of hydrogen-bond acceptors (Lipinski definition) is 5. The van der Waals surface area contributed by atoms with E-state index in [9.17, 15) is 13.2 Å². The first-order valence-electron chi connectivity index (χ1n) is 6.63. The van der Waals surface area contributed by atoms with E-state index in [1.807, 2.05) is 20.8 Å². The Labute approximate surface area is 130 Å². The molecule has 0 aliphatic heterocycles. The summed E-state index contributed by atoms with van der Waals surface area (Å²) in [5, 5.41) is 4.09. The standard InChI is InChI=1S/C13H18F3N5S/c1-12(2,3)10-17-11(22-19-10)20(4)6-8-7-21(5)18-9(8)13(14,15)16/h7H,6H2,1-5H3. The lowest BCUT2D eigenvalue weighted by Crippen LogP contribution is -2.20. The van der Waals surface area contributed by atoms with Crippen LogP contribution < -0.4 is 4.90 Å². The van der Waals surface area contributed by atoms with Gasteiger partial charge in [-0.2, -0.15) is 22.6 Å². The number of alkyl halides is 3. The number of rotatable bonds is 3. The molecule has 0 aromatic carbocycles. The van der Waals surface area contributed by atoms with Gasteiger partial charge in [-0.05, 0) is 0 Å². The highest BCUT2D eigenvalue weighted by molar-refractivity contribution is 7.09. The van der Waals surface area contributed by atoms with Crippen LogP contribution in [0.5, 0.6) is 0 Å². The SMILES string of the molecule is CN(Cc1cn(C)nc1C(F)(F)F)c1nc(C(C)(C)C)ns1. The lowest BCUT2D eigenvalue weighted by atomic mass is 9.96. The van der Waals surface area contributed by atoms with Crippen LogP contribution in [0.25, 0.3) is 0 Å². The summed E-state index contributed by atoms with van der Waals surface area (Å²) in [6.07, 6.45) is -3.08. The lowest BCUT2D eigenvalue weighted by molar-refractivity contribution is -0.142. The van der Waals surface area contributed by atoms with Gasteiger partial charge in [-0.15, -0.1) is 0 Å². The molecular formula is C13H18F3N5S. The maximum atomic E-state index is 13.0. The highest BCUT2D eigenvalue weighted by atomic mass is 32.1. The Morgan fingerprint density at radius 2 is 1.91 bits per heavy atom.